The van der Waals surface area contributed by atoms with Crippen LogP contribution in [0.25, 0.3) is 34.2 Å². The van der Waals surface area contributed by atoms with Gasteiger partial charge in [-0.05, 0) is 124 Å². The van der Waals surface area contributed by atoms with E-state index in [2.05, 4.69) is 54.6 Å². The standard InChI is InChI=1S/C57H30B3N3O6/c1-4-13-40-34(10-1)58-37-28-31(22-25-43(37)67-49-19-7-16-46(64-40)52(49)58)55-61-56(32-23-26-44-38(29-32)59-35-11-2-5-14-41(35)65-47-17-8-20-50(68-44)53(47)59)63-57(62-55)33-24-27-45-39(30-33)60-36-12-3-6-15-42(36)66-48-18-9-21-51(69-45)54(48)60/h1-30H. The molecule has 0 saturated heterocycles. The molecule has 69 heavy (non-hydrogen) atoms. The van der Waals surface area contributed by atoms with Crippen LogP contribution < -0.4 is 77.6 Å². The van der Waals surface area contributed by atoms with Gasteiger partial charge in [-0.15, -0.1) is 0 Å². The van der Waals surface area contributed by atoms with Gasteiger partial charge in [-0.25, -0.2) is 15.0 Å². The van der Waals surface area contributed by atoms with Crippen LogP contribution in [0.15, 0.2) is 182 Å². The van der Waals surface area contributed by atoms with Crippen LogP contribution in [0.4, 0.5) is 0 Å². The van der Waals surface area contributed by atoms with Gasteiger partial charge in [-0.1, -0.05) is 91.0 Å². The van der Waals surface area contributed by atoms with E-state index in [-0.39, 0.29) is 20.1 Å². The monoisotopic (exact) mass is 885 g/mol. The summed E-state index contributed by atoms with van der Waals surface area (Å²) in [5.41, 5.74) is 11.7. The number of fused-ring (bicyclic) bond motifs is 12. The first kappa shape index (κ1) is 37.1. The number of aromatic nitrogens is 3. The SMILES string of the molecule is c1ccc2c(c1)Oc1cccc3c1B2c1cc(-c2nc(-c4ccc5c(c4)B4c6ccccc6Oc6cccc(c64)O5)nc(-c4ccc5c(c4)B4c6ccccc6Oc6cccc(c64)O5)n2)ccc1O3. The van der Waals surface area contributed by atoms with Crippen molar-refractivity contribution in [2.24, 2.45) is 0 Å². The average Bonchev–Trinajstić information content (AvgIpc) is 3.40. The lowest BCUT2D eigenvalue weighted by Gasteiger charge is -2.33. The lowest BCUT2D eigenvalue weighted by Crippen LogP contribution is -2.57. The topological polar surface area (TPSA) is 94.1 Å². The molecule has 6 aliphatic heterocycles. The highest BCUT2D eigenvalue weighted by Crippen LogP contribution is 2.39. The van der Waals surface area contributed by atoms with Gasteiger partial charge in [0.25, 0.3) is 20.1 Å². The Kier molecular flexibility index (Phi) is 7.41. The lowest BCUT2D eigenvalue weighted by atomic mass is 9.35. The first-order valence-electron chi connectivity index (χ1n) is 23.1. The molecule has 0 amide bonds. The summed E-state index contributed by atoms with van der Waals surface area (Å²) in [4.78, 5) is 16.0. The van der Waals surface area contributed by atoms with E-state index < -0.39 is 0 Å². The van der Waals surface area contributed by atoms with E-state index in [0.717, 1.165) is 135 Å². The van der Waals surface area contributed by atoms with Crippen LogP contribution in [0.5, 0.6) is 69.0 Å². The van der Waals surface area contributed by atoms with Gasteiger partial charge in [0.15, 0.2) is 17.5 Å². The Morgan fingerprint density at radius 2 is 0.478 bits per heavy atom. The zero-order chi connectivity index (χ0) is 44.9. The quantitative estimate of drug-likeness (QED) is 0.173. The molecule has 0 radical (unpaired) electrons. The second-order valence-electron chi connectivity index (χ2n) is 18.1. The van der Waals surface area contributed by atoms with Crippen molar-refractivity contribution in [3.63, 3.8) is 0 Å². The molecule has 0 N–H and O–H groups in total. The molecule has 318 valence electrons. The molecule has 7 heterocycles. The zero-order valence-electron chi connectivity index (χ0n) is 36.3. The smallest absolute Gasteiger partial charge is 0.260 e. The number of nitrogens with zero attached hydrogens (tertiary/aromatic N) is 3. The summed E-state index contributed by atoms with van der Waals surface area (Å²) in [6.07, 6.45) is 0. The maximum Gasteiger partial charge on any atom is 0.260 e. The van der Waals surface area contributed by atoms with Crippen molar-refractivity contribution in [3.05, 3.63) is 182 Å². The molecular weight excluding hydrogens is 855 g/mol. The highest BCUT2D eigenvalue weighted by Gasteiger charge is 2.43. The Morgan fingerprint density at radius 3 is 0.768 bits per heavy atom. The summed E-state index contributed by atoms with van der Waals surface area (Å²) >= 11 is 0. The summed E-state index contributed by atoms with van der Waals surface area (Å²) in [5.74, 6) is 11.1. The largest absolute Gasteiger partial charge is 0.458 e. The van der Waals surface area contributed by atoms with Crippen LogP contribution in [0.1, 0.15) is 0 Å². The maximum absolute atomic E-state index is 6.61. The van der Waals surface area contributed by atoms with E-state index in [9.17, 15) is 0 Å². The van der Waals surface area contributed by atoms with Crippen molar-refractivity contribution >= 4 is 69.3 Å². The Hall–Kier alpha value is -9.02. The second kappa shape index (κ2) is 13.8. The zero-order valence-corrected chi connectivity index (χ0v) is 36.3. The third-order valence-electron chi connectivity index (χ3n) is 14.3. The fourth-order valence-electron chi connectivity index (χ4n) is 11.3. The van der Waals surface area contributed by atoms with Crippen LogP contribution >= 0.6 is 0 Å². The second-order valence-corrected chi connectivity index (χ2v) is 18.1. The van der Waals surface area contributed by atoms with Crippen molar-refractivity contribution in [2.45, 2.75) is 0 Å². The summed E-state index contributed by atoms with van der Waals surface area (Å²) in [6.45, 7) is -0.383. The van der Waals surface area contributed by atoms with E-state index in [1.165, 1.54) is 0 Å². The molecule has 0 saturated carbocycles. The lowest BCUT2D eigenvalue weighted by molar-refractivity contribution is 0.464. The summed E-state index contributed by atoms with van der Waals surface area (Å²) in [7, 11) is 0. The molecule has 0 fully saturated rings. The van der Waals surface area contributed by atoms with Crippen molar-refractivity contribution in [2.75, 3.05) is 0 Å². The van der Waals surface area contributed by atoms with Crippen molar-refractivity contribution in [3.8, 4) is 103 Å². The molecule has 16 rings (SSSR count). The summed E-state index contributed by atoms with van der Waals surface area (Å²) in [5, 5.41) is 0. The number of hydrogen-bond donors (Lipinski definition) is 0. The molecule has 0 atom stereocenters. The minimum absolute atomic E-state index is 0.128. The first-order chi connectivity index (χ1) is 34.1. The molecule has 0 unspecified atom stereocenters. The highest BCUT2D eigenvalue weighted by atomic mass is 16.5. The van der Waals surface area contributed by atoms with Gasteiger partial charge in [0.1, 0.15) is 69.0 Å². The maximum atomic E-state index is 6.61. The molecule has 0 aliphatic carbocycles. The highest BCUT2D eigenvalue weighted by molar-refractivity contribution is 6.99. The first-order valence-corrected chi connectivity index (χ1v) is 23.1. The van der Waals surface area contributed by atoms with E-state index in [1.54, 1.807) is 0 Å². The Labute approximate surface area is 396 Å². The molecule has 0 spiro atoms. The third-order valence-corrected chi connectivity index (χ3v) is 14.3. The number of rotatable bonds is 3. The van der Waals surface area contributed by atoms with E-state index in [0.29, 0.717) is 17.5 Å². The molecule has 0 bridgehead atoms. The number of ether oxygens (including phenoxy) is 6. The van der Waals surface area contributed by atoms with E-state index in [4.69, 9.17) is 43.4 Å². The van der Waals surface area contributed by atoms with Crippen LogP contribution in [-0.4, -0.2) is 35.1 Å². The Bertz CT molecular complexity index is 3480. The molecule has 6 aliphatic rings. The molecule has 10 aromatic rings. The van der Waals surface area contributed by atoms with Gasteiger partial charge in [-0.3, -0.25) is 0 Å². The van der Waals surface area contributed by atoms with E-state index in [1.807, 2.05) is 127 Å². The minimum atomic E-state index is -0.128. The van der Waals surface area contributed by atoms with Crippen molar-refractivity contribution in [1.29, 1.82) is 0 Å². The number of hydrogen-bond acceptors (Lipinski definition) is 9. The summed E-state index contributed by atoms with van der Waals surface area (Å²) in [6, 6.07) is 61.4. The fourth-order valence-corrected chi connectivity index (χ4v) is 11.3. The molecular formula is C57H30B3N3O6. The predicted molar refractivity (Wildman–Crippen MR) is 269 cm³/mol. The molecule has 9 aromatic carbocycles. The Balaban J connectivity index is 0.890. The van der Waals surface area contributed by atoms with Gasteiger partial charge in [-0.2, -0.15) is 0 Å². The van der Waals surface area contributed by atoms with Crippen LogP contribution in [0, 0.1) is 0 Å². The molecule has 9 nitrogen and oxygen atoms in total. The Morgan fingerprint density at radius 1 is 0.232 bits per heavy atom. The van der Waals surface area contributed by atoms with Gasteiger partial charge >= 0.3 is 0 Å². The third kappa shape index (κ3) is 5.36. The van der Waals surface area contributed by atoms with E-state index >= 15 is 0 Å². The van der Waals surface area contributed by atoms with Gasteiger partial charge in [0.05, 0.1) is 0 Å². The number of benzene rings is 9. The average molecular weight is 885 g/mol. The van der Waals surface area contributed by atoms with Gasteiger partial charge in [0, 0.05) is 33.1 Å². The molecule has 12 heteroatoms. The minimum Gasteiger partial charge on any atom is -0.458 e. The van der Waals surface area contributed by atoms with Crippen LogP contribution in [-0.2, 0) is 0 Å². The van der Waals surface area contributed by atoms with Crippen LogP contribution in [0.3, 0.4) is 0 Å². The van der Waals surface area contributed by atoms with Crippen molar-refractivity contribution in [1.82, 2.24) is 15.0 Å². The van der Waals surface area contributed by atoms with Gasteiger partial charge < -0.3 is 28.4 Å². The predicted octanol–water partition coefficient (Wildman–Crippen LogP) is 7.06. The molecule has 1 aromatic heterocycles. The summed E-state index contributed by atoms with van der Waals surface area (Å²) < 4.78 is 39.2. The van der Waals surface area contributed by atoms with Crippen molar-refractivity contribution < 1.29 is 28.4 Å². The van der Waals surface area contributed by atoms with Crippen LogP contribution in [0.2, 0.25) is 0 Å². The van der Waals surface area contributed by atoms with Gasteiger partial charge in [0.2, 0.25) is 0 Å². The normalized spacial score (nSPS) is 13.8. The number of para-hydroxylation sites is 3. The fraction of sp³-hybridized carbons (Fsp3) is 0.